The van der Waals surface area contributed by atoms with Gasteiger partial charge in [0.15, 0.2) is 0 Å². The van der Waals surface area contributed by atoms with Crippen LogP contribution in [0.5, 0.6) is 0 Å². The molecule has 0 aromatic heterocycles. The zero-order valence-electron chi connectivity index (χ0n) is 9.28. The van der Waals surface area contributed by atoms with E-state index in [1.807, 2.05) is 30.3 Å². The van der Waals surface area contributed by atoms with Gasteiger partial charge >= 0.3 is 6.09 Å². The SMILES string of the molecule is O=C(O)N1CC/C(=N\O)C(c2ccccc2)C1. The molecule has 0 spiro atoms. The molecule has 5 heteroatoms. The van der Waals surface area contributed by atoms with E-state index in [0.717, 1.165) is 5.56 Å². The smallest absolute Gasteiger partial charge is 0.407 e. The minimum absolute atomic E-state index is 0.147. The molecule has 0 radical (unpaired) electrons. The van der Waals surface area contributed by atoms with Crippen LogP contribution in [0.1, 0.15) is 17.9 Å². The number of nitrogens with zero attached hydrogens (tertiary/aromatic N) is 2. The highest BCUT2D eigenvalue weighted by Gasteiger charge is 2.29. The molecule has 2 N–H and O–H groups in total. The van der Waals surface area contributed by atoms with Crippen LogP contribution in [0.3, 0.4) is 0 Å². The fourth-order valence-corrected chi connectivity index (χ4v) is 2.12. The number of carboxylic acid groups (broad SMARTS) is 1. The van der Waals surface area contributed by atoms with Gasteiger partial charge in [0.1, 0.15) is 0 Å². The van der Waals surface area contributed by atoms with Crippen LogP contribution in [0.2, 0.25) is 0 Å². The molecule has 1 aliphatic rings. The molecule has 0 saturated carbocycles. The topological polar surface area (TPSA) is 73.1 Å². The number of oxime groups is 1. The number of likely N-dealkylation sites (tertiary alicyclic amines) is 1. The number of carbonyl (C=O) groups is 1. The van der Waals surface area contributed by atoms with Gasteiger partial charge in [-0.25, -0.2) is 4.79 Å². The Labute approximate surface area is 99.0 Å². The summed E-state index contributed by atoms with van der Waals surface area (Å²) < 4.78 is 0. The molecule has 5 nitrogen and oxygen atoms in total. The normalized spacial score (nSPS) is 22.7. The second kappa shape index (κ2) is 4.86. The second-order valence-electron chi connectivity index (χ2n) is 4.03. The Kier molecular flexibility index (Phi) is 3.27. The van der Waals surface area contributed by atoms with Crippen LogP contribution >= 0.6 is 0 Å². The van der Waals surface area contributed by atoms with Crippen molar-refractivity contribution in [1.82, 2.24) is 4.90 Å². The Morgan fingerprint density at radius 2 is 2.06 bits per heavy atom. The van der Waals surface area contributed by atoms with Crippen LogP contribution in [-0.4, -0.2) is 40.1 Å². The predicted octanol–water partition coefficient (Wildman–Crippen LogP) is 1.98. The van der Waals surface area contributed by atoms with Crippen LogP contribution in [0.15, 0.2) is 35.5 Å². The van der Waals surface area contributed by atoms with Crippen molar-refractivity contribution in [1.29, 1.82) is 0 Å². The molecule has 1 atom stereocenters. The second-order valence-corrected chi connectivity index (χ2v) is 4.03. The minimum atomic E-state index is -0.928. The highest BCUT2D eigenvalue weighted by molar-refractivity contribution is 5.92. The van der Waals surface area contributed by atoms with E-state index in [4.69, 9.17) is 10.3 Å². The van der Waals surface area contributed by atoms with Gasteiger partial charge in [0.2, 0.25) is 0 Å². The molecule has 90 valence electrons. The van der Waals surface area contributed by atoms with Crippen molar-refractivity contribution in [2.75, 3.05) is 13.1 Å². The van der Waals surface area contributed by atoms with Gasteiger partial charge < -0.3 is 15.2 Å². The van der Waals surface area contributed by atoms with Crippen molar-refractivity contribution in [3.8, 4) is 0 Å². The number of hydrogen-bond acceptors (Lipinski definition) is 3. The molecule has 1 heterocycles. The van der Waals surface area contributed by atoms with Gasteiger partial charge in [0.05, 0.1) is 5.71 Å². The van der Waals surface area contributed by atoms with Crippen LogP contribution in [0.4, 0.5) is 4.79 Å². The Hall–Kier alpha value is -2.04. The lowest BCUT2D eigenvalue weighted by molar-refractivity contribution is 0.142. The summed E-state index contributed by atoms with van der Waals surface area (Å²) in [6, 6.07) is 9.52. The largest absolute Gasteiger partial charge is 0.465 e. The van der Waals surface area contributed by atoms with Crippen LogP contribution < -0.4 is 0 Å². The van der Waals surface area contributed by atoms with Gasteiger partial charge in [-0.2, -0.15) is 0 Å². The van der Waals surface area contributed by atoms with Crippen molar-refractivity contribution in [2.24, 2.45) is 5.16 Å². The zero-order valence-corrected chi connectivity index (χ0v) is 9.28. The summed E-state index contributed by atoms with van der Waals surface area (Å²) in [6.07, 6.45) is -0.453. The standard InChI is InChI=1S/C12H14N2O3/c15-12(16)14-7-6-11(13-17)10(8-14)9-4-2-1-3-5-9/h1-5,10,17H,6-8H2,(H,15,16)/b13-11+. The Morgan fingerprint density at radius 1 is 1.35 bits per heavy atom. The third-order valence-electron chi connectivity index (χ3n) is 3.04. The summed E-state index contributed by atoms with van der Waals surface area (Å²) in [5.74, 6) is -0.147. The van der Waals surface area contributed by atoms with Crippen molar-refractivity contribution < 1.29 is 15.1 Å². The van der Waals surface area contributed by atoms with Gasteiger partial charge in [0.25, 0.3) is 0 Å². The van der Waals surface area contributed by atoms with Gasteiger partial charge in [-0.15, -0.1) is 0 Å². The quantitative estimate of drug-likeness (QED) is 0.576. The van der Waals surface area contributed by atoms with E-state index in [-0.39, 0.29) is 5.92 Å². The molecule has 1 saturated heterocycles. The molecular weight excluding hydrogens is 220 g/mol. The molecule has 1 aliphatic heterocycles. The first-order chi connectivity index (χ1) is 8.22. The van der Waals surface area contributed by atoms with E-state index >= 15 is 0 Å². The lowest BCUT2D eigenvalue weighted by Gasteiger charge is -2.31. The monoisotopic (exact) mass is 234 g/mol. The first kappa shape index (κ1) is 11.4. The number of piperidine rings is 1. The molecule has 1 unspecified atom stereocenters. The molecule has 0 bridgehead atoms. The van der Waals surface area contributed by atoms with Crippen molar-refractivity contribution in [2.45, 2.75) is 12.3 Å². The van der Waals surface area contributed by atoms with E-state index in [9.17, 15) is 4.79 Å². The average Bonchev–Trinajstić information content (AvgIpc) is 2.39. The first-order valence-electron chi connectivity index (χ1n) is 5.46. The fourth-order valence-electron chi connectivity index (χ4n) is 2.12. The molecule has 1 fully saturated rings. The Morgan fingerprint density at radius 3 is 2.65 bits per heavy atom. The highest BCUT2D eigenvalue weighted by Crippen LogP contribution is 2.24. The van der Waals surface area contributed by atoms with Crippen molar-refractivity contribution in [3.63, 3.8) is 0 Å². The molecule has 0 aliphatic carbocycles. The maximum absolute atomic E-state index is 10.9. The fraction of sp³-hybridized carbons (Fsp3) is 0.333. The Balaban J connectivity index is 2.25. The molecular formula is C12H14N2O3. The number of hydrogen-bond donors (Lipinski definition) is 2. The third kappa shape index (κ3) is 2.38. The van der Waals surface area contributed by atoms with Gasteiger partial charge in [-0.05, 0) is 5.56 Å². The maximum atomic E-state index is 10.9. The zero-order chi connectivity index (χ0) is 12.3. The summed E-state index contributed by atoms with van der Waals surface area (Å²) in [6.45, 7) is 0.733. The average molecular weight is 234 g/mol. The van der Waals surface area contributed by atoms with Gasteiger partial charge in [-0.3, -0.25) is 0 Å². The maximum Gasteiger partial charge on any atom is 0.407 e. The molecule has 1 amide bonds. The summed E-state index contributed by atoms with van der Waals surface area (Å²) >= 11 is 0. The summed E-state index contributed by atoms with van der Waals surface area (Å²) in [5, 5.41) is 21.3. The number of rotatable bonds is 1. The molecule has 17 heavy (non-hydrogen) atoms. The first-order valence-corrected chi connectivity index (χ1v) is 5.46. The van der Waals surface area contributed by atoms with E-state index in [1.54, 1.807) is 0 Å². The third-order valence-corrected chi connectivity index (χ3v) is 3.04. The van der Waals surface area contributed by atoms with Gasteiger partial charge in [-0.1, -0.05) is 35.5 Å². The number of benzene rings is 1. The van der Waals surface area contributed by atoms with Crippen LogP contribution in [0.25, 0.3) is 0 Å². The minimum Gasteiger partial charge on any atom is -0.465 e. The molecule has 1 aromatic carbocycles. The van der Waals surface area contributed by atoms with E-state index in [0.29, 0.717) is 25.2 Å². The summed E-state index contributed by atoms with van der Waals surface area (Å²) in [7, 11) is 0. The van der Waals surface area contributed by atoms with E-state index in [1.165, 1.54) is 4.90 Å². The van der Waals surface area contributed by atoms with Crippen molar-refractivity contribution >= 4 is 11.8 Å². The van der Waals surface area contributed by atoms with Gasteiger partial charge in [0, 0.05) is 25.4 Å². The lowest BCUT2D eigenvalue weighted by Crippen LogP contribution is -2.42. The predicted molar refractivity (Wildman–Crippen MR) is 62.6 cm³/mol. The van der Waals surface area contributed by atoms with Crippen LogP contribution in [-0.2, 0) is 0 Å². The number of amides is 1. The Bertz CT molecular complexity index is 431. The van der Waals surface area contributed by atoms with E-state index < -0.39 is 6.09 Å². The molecule has 1 aromatic rings. The lowest BCUT2D eigenvalue weighted by atomic mass is 9.89. The summed E-state index contributed by atoms with van der Waals surface area (Å²) in [5.41, 5.74) is 1.62. The molecule has 2 rings (SSSR count). The van der Waals surface area contributed by atoms with E-state index in [2.05, 4.69) is 5.16 Å². The highest BCUT2D eigenvalue weighted by atomic mass is 16.4. The van der Waals surface area contributed by atoms with Crippen molar-refractivity contribution in [3.05, 3.63) is 35.9 Å². The summed E-state index contributed by atoms with van der Waals surface area (Å²) in [4.78, 5) is 12.3. The van der Waals surface area contributed by atoms with Crippen LogP contribution in [0, 0.1) is 0 Å².